The van der Waals surface area contributed by atoms with Crippen molar-refractivity contribution in [3.8, 4) is 0 Å². The molecule has 5 heteroatoms. The lowest BCUT2D eigenvalue weighted by molar-refractivity contribution is 0.410. The molecule has 5 nitrogen and oxygen atoms in total. The topological polar surface area (TPSA) is 68.8 Å². The normalized spacial score (nSPS) is 24.3. The SMILES string of the molecule is Cn1cnc2ccnc(NC3CCC(N)CC3)c21. The van der Waals surface area contributed by atoms with Crippen LogP contribution in [-0.2, 0) is 7.05 Å². The molecule has 0 atom stereocenters. The minimum atomic E-state index is 0.378. The van der Waals surface area contributed by atoms with Gasteiger partial charge >= 0.3 is 0 Å². The number of hydrogen-bond donors (Lipinski definition) is 2. The van der Waals surface area contributed by atoms with Gasteiger partial charge in [-0.25, -0.2) is 9.97 Å². The summed E-state index contributed by atoms with van der Waals surface area (Å²) in [4.78, 5) is 8.80. The Balaban J connectivity index is 1.84. The fraction of sp³-hybridized carbons (Fsp3) is 0.538. The second-order valence-corrected chi connectivity index (χ2v) is 5.14. The van der Waals surface area contributed by atoms with Gasteiger partial charge < -0.3 is 15.6 Å². The molecule has 1 fully saturated rings. The number of imidazole rings is 1. The number of pyridine rings is 1. The third-order valence-corrected chi connectivity index (χ3v) is 3.74. The zero-order valence-corrected chi connectivity index (χ0v) is 10.6. The maximum absolute atomic E-state index is 5.93. The second-order valence-electron chi connectivity index (χ2n) is 5.14. The number of nitrogens with two attached hydrogens (primary N) is 1. The summed E-state index contributed by atoms with van der Waals surface area (Å²) in [6.45, 7) is 0. The molecule has 3 N–H and O–H groups in total. The summed E-state index contributed by atoms with van der Waals surface area (Å²) in [7, 11) is 2.00. The quantitative estimate of drug-likeness (QED) is 0.844. The first-order valence-electron chi connectivity index (χ1n) is 6.52. The minimum Gasteiger partial charge on any atom is -0.366 e. The summed E-state index contributed by atoms with van der Waals surface area (Å²) in [6.07, 6.45) is 8.08. The predicted octanol–water partition coefficient (Wildman–Crippen LogP) is 1.65. The number of hydrogen-bond acceptors (Lipinski definition) is 4. The molecule has 0 spiro atoms. The van der Waals surface area contributed by atoms with Crippen molar-refractivity contribution in [2.75, 3.05) is 5.32 Å². The summed E-state index contributed by atoms with van der Waals surface area (Å²) in [5, 5.41) is 3.54. The van der Waals surface area contributed by atoms with Gasteiger partial charge in [0.05, 0.1) is 11.8 Å². The van der Waals surface area contributed by atoms with Crippen LogP contribution in [0.2, 0.25) is 0 Å². The van der Waals surface area contributed by atoms with Gasteiger partial charge in [-0.2, -0.15) is 0 Å². The summed E-state index contributed by atoms with van der Waals surface area (Å²) < 4.78 is 2.01. The van der Waals surface area contributed by atoms with Gasteiger partial charge in [-0.15, -0.1) is 0 Å². The molecule has 0 saturated heterocycles. The molecule has 2 aromatic heterocycles. The molecule has 0 aliphatic heterocycles. The summed E-state index contributed by atoms with van der Waals surface area (Å²) in [5.41, 5.74) is 8.00. The predicted molar refractivity (Wildman–Crippen MR) is 72.4 cm³/mol. The fourth-order valence-corrected chi connectivity index (χ4v) is 2.66. The van der Waals surface area contributed by atoms with Crippen molar-refractivity contribution in [1.82, 2.24) is 14.5 Å². The van der Waals surface area contributed by atoms with Crippen LogP contribution in [0.3, 0.4) is 0 Å². The molecule has 0 radical (unpaired) electrons. The van der Waals surface area contributed by atoms with Crippen molar-refractivity contribution in [3.05, 3.63) is 18.6 Å². The van der Waals surface area contributed by atoms with Gasteiger partial charge in [-0.05, 0) is 31.7 Å². The number of anilines is 1. The number of aromatic nitrogens is 3. The number of aryl methyl sites for hydroxylation is 1. The number of nitrogens with one attached hydrogen (secondary N) is 1. The third kappa shape index (κ3) is 2.06. The Labute approximate surface area is 106 Å². The molecule has 0 aromatic carbocycles. The van der Waals surface area contributed by atoms with Crippen LogP contribution in [0.4, 0.5) is 5.82 Å². The van der Waals surface area contributed by atoms with Gasteiger partial charge in [0, 0.05) is 25.3 Å². The molecule has 2 aromatic rings. The van der Waals surface area contributed by atoms with Crippen molar-refractivity contribution in [1.29, 1.82) is 0 Å². The molecule has 3 rings (SSSR count). The molecule has 0 amide bonds. The molecule has 1 aliphatic carbocycles. The standard InChI is InChI=1S/C13H19N5/c1-18-8-16-11-6-7-15-13(12(11)18)17-10-4-2-9(14)3-5-10/h6-10H,2-5,14H2,1H3,(H,15,17). The Morgan fingerprint density at radius 2 is 2.06 bits per heavy atom. The summed E-state index contributed by atoms with van der Waals surface area (Å²) >= 11 is 0. The average Bonchev–Trinajstić information content (AvgIpc) is 2.75. The zero-order valence-electron chi connectivity index (χ0n) is 10.6. The van der Waals surface area contributed by atoms with Crippen LogP contribution in [0.1, 0.15) is 25.7 Å². The first-order chi connectivity index (χ1) is 8.74. The van der Waals surface area contributed by atoms with Gasteiger partial charge in [0.15, 0.2) is 5.82 Å². The highest BCUT2D eigenvalue weighted by Gasteiger charge is 2.19. The van der Waals surface area contributed by atoms with E-state index in [1.54, 1.807) is 0 Å². The van der Waals surface area contributed by atoms with E-state index in [0.29, 0.717) is 12.1 Å². The van der Waals surface area contributed by atoms with Crippen molar-refractivity contribution < 1.29 is 0 Å². The molecular weight excluding hydrogens is 226 g/mol. The highest BCUT2D eigenvalue weighted by atomic mass is 15.1. The Kier molecular flexibility index (Phi) is 2.91. The van der Waals surface area contributed by atoms with E-state index in [1.165, 1.54) is 0 Å². The summed E-state index contributed by atoms with van der Waals surface area (Å²) in [5.74, 6) is 0.938. The average molecular weight is 245 g/mol. The number of fused-ring (bicyclic) bond motifs is 1. The van der Waals surface area contributed by atoms with Crippen LogP contribution in [0.25, 0.3) is 11.0 Å². The minimum absolute atomic E-state index is 0.378. The van der Waals surface area contributed by atoms with E-state index in [1.807, 2.05) is 30.2 Å². The molecule has 96 valence electrons. The lowest BCUT2D eigenvalue weighted by Crippen LogP contribution is -2.33. The lowest BCUT2D eigenvalue weighted by atomic mass is 9.92. The molecule has 18 heavy (non-hydrogen) atoms. The Morgan fingerprint density at radius 1 is 1.28 bits per heavy atom. The smallest absolute Gasteiger partial charge is 0.152 e. The Morgan fingerprint density at radius 3 is 2.83 bits per heavy atom. The molecule has 0 unspecified atom stereocenters. The highest BCUT2D eigenvalue weighted by Crippen LogP contribution is 2.24. The molecular formula is C13H19N5. The first-order valence-corrected chi connectivity index (χ1v) is 6.52. The molecule has 1 saturated carbocycles. The maximum Gasteiger partial charge on any atom is 0.152 e. The van der Waals surface area contributed by atoms with Crippen molar-refractivity contribution in [2.45, 2.75) is 37.8 Å². The second kappa shape index (κ2) is 4.57. The van der Waals surface area contributed by atoms with E-state index in [2.05, 4.69) is 15.3 Å². The van der Waals surface area contributed by atoms with Gasteiger partial charge in [0.1, 0.15) is 5.52 Å². The number of rotatable bonds is 2. The highest BCUT2D eigenvalue weighted by molar-refractivity contribution is 5.86. The van der Waals surface area contributed by atoms with Crippen molar-refractivity contribution in [3.63, 3.8) is 0 Å². The Bertz CT molecular complexity index is 539. The van der Waals surface area contributed by atoms with Crippen LogP contribution >= 0.6 is 0 Å². The zero-order chi connectivity index (χ0) is 12.5. The van der Waals surface area contributed by atoms with Crippen LogP contribution < -0.4 is 11.1 Å². The van der Waals surface area contributed by atoms with Crippen LogP contribution in [0.15, 0.2) is 18.6 Å². The van der Waals surface area contributed by atoms with Crippen LogP contribution in [-0.4, -0.2) is 26.6 Å². The van der Waals surface area contributed by atoms with E-state index in [-0.39, 0.29) is 0 Å². The van der Waals surface area contributed by atoms with Crippen LogP contribution in [0, 0.1) is 0 Å². The van der Waals surface area contributed by atoms with E-state index in [4.69, 9.17) is 5.73 Å². The van der Waals surface area contributed by atoms with Gasteiger partial charge in [-0.3, -0.25) is 0 Å². The maximum atomic E-state index is 5.93. The molecule has 2 heterocycles. The van der Waals surface area contributed by atoms with E-state index in [0.717, 1.165) is 42.5 Å². The van der Waals surface area contributed by atoms with E-state index >= 15 is 0 Å². The largest absolute Gasteiger partial charge is 0.366 e. The monoisotopic (exact) mass is 245 g/mol. The fourth-order valence-electron chi connectivity index (χ4n) is 2.66. The summed E-state index contributed by atoms with van der Waals surface area (Å²) in [6, 6.07) is 2.80. The van der Waals surface area contributed by atoms with Crippen LogP contribution in [0.5, 0.6) is 0 Å². The first kappa shape index (κ1) is 11.5. The van der Waals surface area contributed by atoms with E-state index < -0.39 is 0 Å². The van der Waals surface area contributed by atoms with Gasteiger partial charge in [0.25, 0.3) is 0 Å². The van der Waals surface area contributed by atoms with E-state index in [9.17, 15) is 0 Å². The Hall–Kier alpha value is -1.62. The van der Waals surface area contributed by atoms with Crippen molar-refractivity contribution in [2.24, 2.45) is 12.8 Å². The lowest BCUT2D eigenvalue weighted by Gasteiger charge is -2.27. The van der Waals surface area contributed by atoms with Gasteiger partial charge in [-0.1, -0.05) is 0 Å². The van der Waals surface area contributed by atoms with Gasteiger partial charge in [0.2, 0.25) is 0 Å². The molecule has 0 bridgehead atoms. The number of nitrogens with zero attached hydrogens (tertiary/aromatic N) is 3. The van der Waals surface area contributed by atoms with Crippen molar-refractivity contribution >= 4 is 16.9 Å². The molecule has 1 aliphatic rings. The third-order valence-electron chi connectivity index (χ3n) is 3.74.